The summed E-state index contributed by atoms with van der Waals surface area (Å²) in [4.78, 5) is 19.4. The molecule has 0 aliphatic carbocycles. The number of hydrogen-bond acceptors (Lipinski definition) is 3. The number of pyridine rings is 1. The van der Waals surface area contributed by atoms with Gasteiger partial charge >= 0.3 is 0 Å². The van der Waals surface area contributed by atoms with Crippen molar-refractivity contribution in [1.29, 1.82) is 0 Å². The van der Waals surface area contributed by atoms with Crippen molar-refractivity contribution < 1.29 is 4.79 Å². The van der Waals surface area contributed by atoms with Gasteiger partial charge in [0.15, 0.2) is 0 Å². The molecule has 0 aliphatic rings. The number of aromatic amines is 1. The summed E-state index contributed by atoms with van der Waals surface area (Å²) in [7, 11) is 1.82. The van der Waals surface area contributed by atoms with E-state index in [1.807, 2.05) is 51.2 Å². The second kappa shape index (κ2) is 6.56. The third-order valence-electron chi connectivity index (χ3n) is 4.48. The molecule has 5 nitrogen and oxygen atoms in total. The van der Waals surface area contributed by atoms with Crippen molar-refractivity contribution in [2.45, 2.75) is 46.6 Å². The van der Waals surface area contributed by atoms with Gasteiger partial charge in [-0.1, -0.05) is 32.4 Å². The van der Waals surface area contributed by atoms with Crippen LogP contribution in [0.1, 0.15) is 53.8 Å². The summed E-state index contributed by atoms with van der Waals surface area (Å²) < 4.78 is 0. The van der Waals surface area contributed by atoms with Crippen molar-refractivity contribution in [2.24, 2.45) is 0 Å². The van der Waals surface area contributed by atoms with E-state index < -0.39 is 0 Å². The van der Waals surface area contributed by atoms with Crippen LogP contribution < -0.4 is 0 Å². The Balaban J connectivity index is 1.90. The lowest BCUT2D eigenvalue weighted by molar-refractivity contribution is 0.0785. The molecule has 1 N–H and O–H groups in total. The summed E-state index contributed by atoms with van der Waals surface area (Å²) in [5.74, 6) is -0.0157. The number of benzene rings is 1. The van der Waals surface area contributed by atoms with E-state index in [1.54, 1.807) is 4.90 Å². The monoisotopic (exact) mass is 350 g/mol. The number of H-pyrrole nitrogens is 1. The third-order valence-corrected chi connectivity index (χ3v) is 4.48. The van der Waals surface area contributed by atoms with E-state index >= 15 is 0 Å². The number of carbonyl (C=O) groups is 1. The molecule has 5 heteroatoms. The molecule has 0 unspecified atom stereocenters. The van der Waals surface area contributed by atoms with Crippen LogP contribution in [0.3, 0.4) is 0 Å². The van der Waals surface area contributed by atoms with E-state index in [2.05, 4.69) is 36.0 Å². The molecule has 26 heavy (non-hydrogen) atoms. The number of amides is 1. The minimum absolute atomic E-state index is 0.0157. The first-order chi connectivity index (χ1) is 12.1. The van der Waals surface area contributed by atoms with Gasteiger partial charge in [-0.2, -0.15) is 5.10 Å². The standard InChI is InChI=1S/C21H26N4O/c1-13-7-8-18-16(9-13)17(10-14(2)22-18)20(26)25(6)12-15-11-19(24-23-15)21(3,4)5/h7-11H,12H2,1-6H3,(H,23,24). The maximum atomic E-state index is 13.1. The van der Waals surface area contributed by atoms with Crippen molar-refractivity contribution >= 4 is 16.8 Å². The molecule has 2 aromatic heterocycles. The average molecular weight is 350 g/mol. The number of aryl methyl sites for hydroxylation is 2. The zero-order valence-corrected chi connectivity index (χ0v) is 16.3. The third kappa shape index (κ3) is 3.62. The lowest BCUT2D eigenvalue weighted by Crippen LogP contribution is -2.26. The Bertz CT molecular complexity index is 966. The van der Waals surface area contributed by atoms with Crippen LogP contribution in [0.4, 0.5) is 0 Å². The first kappa shape index (κ1) is 18.1. The number of nitrogens with one attached hydrogen (secondary N) is 1. The van der Waals surface area contributed by atoms with Gasteiger partial charge in [-0.25, -0.2) is 0 Å². The molecule has 0 aliphatic heterocycles. The fourth-order valence-electron chi connectivity index (χ4n) is 3.01. The van der Waals surface area contributed by atoms with Gasteiger partial charge < -0.3 is 4.90 Å². The Morgan fingerprint density at radius 1 is 1.15 bits per heavy atom. The normalized spacial score (nSPS) is 11.8. The molecule has 0 spiro atoms. The number of nitrogens with zero attached hydrogens (tertiary/aromatic N) is 3. The van der Waals surface area contributed by atoms with Gasteiger partial charge in [0.1, 0.15) is 0 Å². The topological polar surface area (TPSA) is 61.9 Å². The number of carbonyl (C=O) groups excluding carboxylic acids is 1. The molecule has 1 amide bonds. The summed E-state index contributed by atoms with van der Waals surface area (Å²) in [5, 5.41) is 8.32. The van der Waals surface area contributed by atoms with E-state index in [4.69, 9.17) is 0 Å². The molecule has 2 heterocycles. The molecule has 0 saturated carbocycles. The highest BCUT2D eigenvalue weighted by molar-refractivity contribution is 6.06. The minimum atomic E-state index is -0.0206. The summed E-state index contributed by atoms with van der Waals surface area (Å²) in [6, 6.07) is 9.92. The molecule has 3 aromatic rings. The van der Waals surface area contributed by atoms with E-state index in [1.165, 1.54) is 0 Å². The first-order valence-electron chi connectivity index (χ1n) is 8.83. The SMILES string of the molecule is Cc1ccc2nc(C)cc(C(=O)N(C)Cc3cc(C(C)(C)C)n[nH]3)c2c1. The number of fused-ring (bicyclic) bond motifs is 1. The van der Waals surface area contributed by atoms with Crippen molar-refractivity contribution in [3.8, 4) is 0 Å². The van der Waals surface area contributed by atoms with Gasteiger partial charge in [0.25, 0.3) is 5.91 Å². The Labute approximate surface area is 154 Å². The fraction of sp³-hybridized carbons (Fsp3) is 0.381. The number of rotatable bonds is 3. The van der Waals surface area contributed by atoms with Crippen LogP contribution in [0.5, 0.6) is 0 Å². The fourth-order valence-corrected chi connectivity index (χ4v) is 3.01. The van der Waals surface area contributed by atoms with Gasteiger partial charge in [-0.05, 0) is 38.1 Å². The molecule has 0 fully saturated rings. The molecular weight excluding hydrogens is 324 g/mol. The highest BCUT2D eigenvalue weighted by atomic mass is 16.2. The average Bonchev–Trinajstić information content (AvgIpc) is 3.02. The first-order valence-corrected chi connectivity index (χ1v) is 8.83. The Morgan fingerprint density at radius 2 is 1.88 bits per heavy atom. The van der Waals surface area contributed by atoms with Crippen LogP contribution in [0, 0.1) is 13.8 Å². The van der Waals surface area contributed by atoms with Crippen molar-refractivity contribution in [2.75, 3.05) is 7.05 Å². The maximum absolute atomic E-state index is 13.1. The zero-order valence-electron chi connectivity index (χ0n) is 16.3. The van der Waals surface area contributed by atoms with Gasteiger partial charge in [-0.15, -0.1) is 0 Å². The van der Waals surface area contributed by atoms with E-state index in [-0.39, 0.29) is 11.3 Å². The highest BCUT2D eigenvalue weighted by Gasteiger charge is 2.20. The van der Waals surface area contributed by atoms with E-state index in [0.717, 1.165) is 33.5 Å². The lowest BCUT2D eigenvalue weighted by atomic mass is 9.92. The molecule has 3 rings (SSSR count). The summed E-state index contributed by atoms with van der Waals surface area (Å²) in [6.45, 7) is 10.8. The van der Waals surface area contributed by atoms with E-state index in [0.29, 0.717) is 12.1 Å². The quantitative estimate of drug-likeness (QED) is 0.772. The maximum Gasteiger partial charge on any atom is 0.254 e. The van der Waals surface area contributed by atoms with Crippen LogP contribution in [0.25, 0.3) is 10.9 Å². The molecule has 0 atom stereocenters. The summed E-state index contributed by atoms with van der Waals surface area (Å²) in [5.41, 5.74) is 5.40. The summed E-state index contributed by atoms with van der Waals surface area (Å²) >= 11 is 0. The Morgan fingerprint density at radius 3 is 2.54 bits per heavy atom. The lowest BCUT2D eigenvalue weighted by Gasteiger charge is -2.18. The molecule has 0 bridgehead atoms. The summed E-state index contributed by atoms with van der Waals surface area (Å²) in [6.07, 6.45) is 0. The Hall–Kier alpha value is -2.69. The van der Waals surface area contributed by atoms with Crippen LogP contribution in [-0.4, -0.2) is 33.0 Å². The van der Waals surface area contributed by atoms with Gasteiger partial charge in [0.05, 0.1) is 29.0 Å². The number of hydrogen-bond donors (Lipinski definition) is 1. The van der Waals surface area contributed by atoms with Crippen LogP contribution in [0.2, 0.25) is 0 Å². The van der Waals surface area contributed by atoms with E-state index in [9.17, 15) is 4.79 Å². The van der Waals surface area contributed by atoms with Gasteiger partial charge in [0.2, 0.25) is 0 Å². The highest BCUT2D eigenvalue weighted by Crippen LogP contribution is 2.23. The van der Waals surface area contributed by atoms with Crippen LogP contribution in [-0.2, 0) is 12.0 Å². The predicted octanol–water partition coefficient (Wildman–Crippen LogP) is 4.14. The molecule has 0 saturated heterocycles. The molecule has 1 aromatic carbocycles. The molecular formula is C21H26N4O. The molecule has 0 radical (unpaired) electrons. The molecule has 136 valence electrons. The number of aromatic nitrogens is 3. The zero-order chi connectivity index (χ0) is 19.1. The predicted molar refractivity (Wildman–Crippen MR) is 104 cm³/mol. The minimum Gasteiger partial charge on any atom is -0.336 e. The van der Waals surface area contributed by atoms with Crippen LogP contribution in [0.15, 0.2) is 30.3 Å². The second-order valence-corrected chi connectivity index (χ2v) is 8.02. The van der Waals surface area contributed by atoms with Crippen molar-refractivity contribution in [3.63, 3.8) is 0 Å². The van der Waals surface area contributed by atoms with Crippen LogP contribution >= 0.6 is 0 Å². The smallest absolute Gasteiger partial charge is 0.254 e. The Kier molecular flexibility index (Phi) is 4.57. The second-order valence-electron chi connectivity index (χ2n) is 8.02. The van der Waals surface area contributed by atoms with Crippen molar-refractivity contribution in [1.82, 2.24) is 20.1 Å². The van der Waals surface area contributed by atoms with Gasteiger partial charge in [0, 0.05) is 23.5 Å². The van der Waals surface area contributed by atoms with Crippen molar-refractivity contribution in [3.05, 3.63) is 58.5 Å². The largest absolute Gasteiger partial charge is 0.336 e. The van der Waals surface area contributed by atoms with Gasteiger partial charge in [-0.3, -0.25) is 14.9 Å².